The first-order chi connectivity index (χ1) is 8.13. The van der Waals surface area contributed by atoms with Crippen molar-refractivity contribution in [1.29, 1.82) is 0 Å². The van der Waals surface area contributed by atoms with Crippen LogP contribution in [0.1, 0.15) is 50.2 Å². The highest BCUT2D eigenvalue weighted by Gasteiger charge is 2.37. The smallest absolute Gasteiger partial charge is 0.109 e. The fraction of sp³-hybridized carbons (Fsp3) is 0.571. The van der Waals surface area contributed by atoms with E-state index in [9.17, 15) is 10.2 Å². The van der Waals surface area contributed by atoms with Crippen molar-refractivity contribution in [3.63, 3.8) is 0 Å². The van der Waals surface area contributed by atoms with E-state index in [-0.39, 0.29) is 0 Å². The summed E-state index contributed by atoms with van der Waals surface area (Å²) < 4.78 is 0. The van der Waals surface area contributed by atoms with Gasteiger partial charge < -0.3 is 10.2 Å². The normalized spacial score (nSPS) is 21.8. The highest BCUT2D eigenvalue weighted by atomic mass is 35.5. The summed E-state index contributed by atoms with van der Waals surface area (Å²) in [6.45, 7) is 0. The number of aliphatic hydroxyl groups excluding tert-OH is 1. The maximum absolute atomic E-state index is 10.6. The van der Waals surface area contributed by atoms with Crippen molar-refractivity contribution in [1.82, 2.24) is 0 Å². The van der Waals surface area contributed by atoms with Gasteiger partial charge in [-0.2, -0.15) is 0 Å². The molecule has 1 aliphatic rings. The van der Waals surface area contributed by atoms with Crippen molar-refractivity contribution < 1.29 is 10.2 Å². The zero-order chi connectivity index (χ0) is 12.3. The number of rotatable bonds is 2. The molecule has 1 aromatic carbocycles. The average Bonchev–Trinajstić information content (AvgIpc) is 2.55. The molecule has 1 aliphatic carbocycles. The molecule has 1 atom stereocenters. The first-order valence-corrected chi connectivity index (χ1v) is 6.66. The number of hydrogen-bond acceptors (Lipinski definition) is 2. The molecule has 0 aliphatic heterocycles. The molecule has 1 saturated carbocycles. The Morgan fingerprint density at radius 3 is 2.24 bits per heavy atom. The molecule has 0 radical (unpaired) electrons. The lowest BCUT2D eigenvalue weighted by atomic mass is 9.84. The zero-order valence-corrected chi connectivity index (χ0v) is 10.7. The summed E-state index contributed by atoms with van der Waals surface area (Å²) in [7, 11) is 0. The van der Waals surface area contributed by atoms with Crippen LogP contribution in [-0.2, 0) is 0 Å². The molecule has 3 heteroatoms. The Balaban J connectivity index is 2.23. The summed E-state index contributed by atoms with van der Waals surface area (Å²) in [6.07, 6.45) is 4.64. The molecular formula is C14H19ClO2. The third-order valence-electron chi connectivity index (χ3n) is 3.68. The van der Waals surface area contributed by atoms with Crippen molar-refractivity contribution in [3.05, 3.63) is 34.9 Å². The van der Waals surface area contributed by atoms with Gasteiger partial charge in [0.15, 0.2) is 0 Å². The van der Waals surface area contributed by atoms with E-state index < -0.39 is 11.7 Å². The van der Waals surface area contributed by atoms with Gasteiger partial charge in [0.25, 0.3) is 0 Å². The Bertz CT molecular complexity index is 370. The maximum Gasteiger partial charge on any atom is 0.109 e. The van der Waals surface area contributed by atoms with Gasteiger partial charge in [-0.1, -0.05) is 55.5 Å². The summed E-state index contributed by atoms with van der Waals surface area (Å²) in [6, 6.07) is 7.20. The lowest BCUT2D eigenvalue weighted by Gasteiger charge is -2.32. The Hall–Kier alpha value is -0.570. The van der Waals surface area contributed by atoms with Crippen LogP contribution in [-0.4, -0.2) is 15.8 Å². The van der Waals surface area contributed by atoms with Gasteiger partial charge in [0.2, 0.25) is 0 Å². The molecule has 1 aromatic rings. The Morgan fingerprint density at radius 2 is 1.65 bits per heavy atom. The van der Waals surface area contributed by atoms with E-state index in [1.54, 1.807) is 12.1 Å². The van der Waals surface area contributed by atoms with Crippen LogP contribution in [0, 0.1) is 0 Å². The van der Waals surface area contributed by atoms with Gasteiger partial charge in [-0.15, -0.1) is 0 Å². The highest BCUT2D eigenvalue weighted by molar-refractivity contribution is 6.31. The molecular weight excluding hydrogens is 236 g/mol. The predicted octanol–water partition coefficient (Wildman–Crippen LogP) is 3.46. The molecule has 2 rings (SSSR count). The van der Waals surface area contributed by atoms with Crippen LogP contribution in [0.15, 0.2) is 24.3 Å². The minimum atomic E-state index is -1.01. The first kappa shape index (κ1) is 12.9. The fourth-order valence-corrected chi connectivity index (χ4v) is 2.84. The van der Waals surface area contributed by atoms with Gasteiger partial charge in [0.05, 0.1) is 5.60 Å². The molecule has 0 spiro atoms. The van der Waals surface area contributed by atoms with Crippen molar-refractivity contribution in [2.45, 2.75) is 50.2 Å². The molecule has 0 heterocycles. The second kappa shape index (κ2) is 5.38. The van der Waals surface area contributed by atoms with E-state index >= 15 is 0 Å². The molecule has 0 bridgehead atoms. The minimum absolute atomic E-state index is 0.526. The average molecular weight is 255 g/mol. The number of benzene rings is 1. The van der Waals surface area contributed by atoms with E-state index in [0.717, 1.165) is 25.7 Å². The number of hydrogen-bond donors (Lipinski definition) is 2. The number of aliphatic hydroxyl groups is 2. The van der Waals surface area contributed by atoms with Gasteiger partial charge in [0, 0.05) is 10.6 Å². The molecule has 2 nitrogen and oxygen atoms in total. The van der Waals surface area contributed by atoms with Crippen LogP contribution in [0.3, 0.4) is 0 Å². The Kier molecular flexibility index (Phi) is 4.08. The van der Waals surface area contributed by atoms with Crippen molar-refractivity contribution in [2.75, 3.05) is 0 Å². The van der Waals surface area contributed by atoms with Crippen LogP contribution in [0.2, 0.25) is 5.02 Å². The standard InChI is InChI=1S/C14H19ClO2/c15-12-8-4-3-7-11(12)13(16)14(17)9-5-1-2-6-10-14/h3-4,7-8,13,16-17H,1-2,5-6,9-10H2. The van der Waals surface area contributed by atoms with Crippen LogP contribution in [0.5, 0.6) is 0 Å². The lowest BCUT2D eigenvalue weighted by molar-refractivity contribution is -0.0867. The predicted molar refractivity (Wildman–Crippen MR) is 69.1 cm³/mol. The van der Waals surface area contributed by atoms with Crippen molar-refractivity contribution >= 4 is 11.6 Å². The SMILES string of the molecule is OC(c1ccccc1Cl)C1(O)CCCCCC1. The molecule has 1 fully saturated rings. The third kappa shape index (κ3) is 2.82. The summed E-state index contributed by atoms with van der Waals surface area (Å²) in [5, 5.41) is 21.5. The van der Waals surface area contributed by atoms with Crippen molar-refractivity contribution in [3.8, 4) is 0 Å². The molecule has 2 N–H and O–H groups in total. The van der Waals surface area contributed by atoms with Crippen LogP contribution in [0.4, 0.5) is 0 Å². The van der Waals surface area contributed by atoms with E-state index in [1.807, 2.05) is 12.1 Å². The molecule has 1 unspecified atom stereocenters. The Morgan fingerprint density at radius 1 is 1.06 bits per heavy atom. The summed E-state index contributed by atoms with van der Waals surface area (Å²) in [4.78, 5) is 0. The molecule has 17 heavy (non-hydrogen) atoms. The molecule has 0 amide bonds. The number of halogens is 1. The van der Waals surface area contributed by atoms with Gasteiger partial charge in [0.1, 0.15) is 6.10 Å². The van der Waals surface area contributed by atoms with Gasteiger partial charge in [-0.05, 0) is 18.9 Å². The van der Waals surface area contributed by atoms with Gasteiger partial charge >= 0.3 is 0 Å². The molecule has 0 saturated heterocycles. The van der Waals surface area contributed by atoms with Crippen LogP contribution in [0.25, 0.3) is 0 Å². The van der Waals surface area contributed by atoms with Crippen molar-refractivity contribution in [2.24, 2.45) is 0 Å². The molecule has 0 aromatic heterocycles. The Labute approximate surface area is 107 Å². The maximum atomic E-state index is 10.6. The third-order valence-corrected chi connectivity index (χ3v) is 4.02. The lowest BCUT2D eigenvalue weighted by Crippen LogP contribution is -2.35. The van der Waals surface area contributed by atoms with Crippen LogP contribution < -0.4 is 0 Å². The first-order valence-electron chi connectivity index (χ1n) is 6.28. The van der Waals surface area contributed by atoms with Gasteiger partial charge in [-0.3, -0.25) is 0 Å². The van der Waals surface area contributed by atoms with E-state index in [2.05, 4.69) is 0 Å². The second-order valence-electron chi connectivity index (χ2n) is 4.94. The molecule has 94 valence electrons. The second-order valence-corrected chi connectivity index (χ2v) is 5.35. The largest absolute Gasteiger partial charge is 0.387 e. The van der Waals surface area contributed by atoms with E-state index in [1.165, 1.54) is 0 Å². The van der Waals surface area contributed by atoms with E-state index in [4.69, 9.17) is 11.6 Å². The van der Waals surface area contributed by atoms with Crippen LogP contribution >= 0.6 is 11.6 Å². The zero-order valence-electron chi connectivity index (χ0n) is 9.90. The topological polar surface area (TPSA) is 40.5 Å². The summed E-state index contributed by atoms with van der Waals surface area (Å²) in [5.41, 5.74) is -0.375. The fourth-order valence-electron chi connectivity index (χ4n) is 2.60. The summed E-state index contributed by atoms with van der Waals surface area (Å²) in [5.74, 6) is 0. The highest BCUT2D eigenvalue weighted by Crippen LogP contribution is 2.39. The minimum Gasteiger partial charge on any atom is -0.387 e. The quantitative estimate of drug-likeness (QED) is 0.794. The van der Waals surface area contributed by atoms with E-state index in [0.29, 0.717) is 23.4 Å². The monoisotopic (exact) mass is 254 g/mol. The van der Waals surface area contributed by atoms with Gasteiger partial charge in [-0.25, -0.2) is 0 Å². The summed E-state index contributed by atoms with van der Waals surface area (Å²) >= 11 is 6.07.